The lowest BCUT2D eigenvalue weighted by atomic mass is 9.89. The highest BCUT2D eigenvalue weighted by Crippen LogP contribution is 2.33. The first kappa shape index (κ1) is 14.3. The van der Waals surface area contributed by atoms with Crippen LogP contribution in [0, 0.1) is 11.7 Å². The van der Waals surface area contributed by atoms with Gasteiger partial charge in [-0.05, 0) is 43.7 Å². The summed E-state index contributed by atoms with van der Waals surface area (Å²) in [5.41, 5.74) is 0.191. The zero-order chi connectivity index (χ0) is 14.8. The smallest absolute Gasteiger partial charge is 0.224 e. The molecule has 0 aliphatic carbocycles. The Morgan fingerprint density at radius 2 is 2.10 bits per heavy atom. The fraction of sp³-hybridized carbons (Fsp3) is 0.562. The van der Waals surface area contributed by atoms with Crippen LogP contribution in [0.15, 0.2) is 18.2 Å². The summed E-state index contributed by atoms with van der Waals surface area (Å²) in [7, 11) is 1.52. The predicted octanol–water partition coefficient (Wildman–Crippen LogP) is 2.69. The van der Waals surface area contributed by atoms with Gasteiger partial charge >= 0.3 is 0 Å². The first-order valence-corrected chi connectivity index (χ1v) is 7.53. The van der Waals surface area contributed by atoms with E-state index in [9.17, 15) is 9.18 Å². The lowest BCUT2D eigenvalue weighted by molar-refractivity contribution is -0.117. The quantitative estimate of drug-likeness (QED) is 0.897. The van der Waals surface area contributed by atoms with Crippen LogP contribution in [0.5, 0.6) is 5.75 Å². The Balaban J connectivity index is 1.59. The van der Waals surface area contributed by atoms with Gasteiger partial charge in [0.1, 0.15) is 11.6 Å². The second kappa shape index (κ2) is 6.02. The summed E-state index contributed by atoms with van der Waals surface area (Å²) in [4.78, 5) is 12.1. The van der Waals surface area contributed by atoms with Gasteiger partial charge in [-0.3, -0.25) is 4.79 Å². The Kier molecular flexibility index (Phi) is 4.10. The average Bonchev–Trinajstić information content (AvgIpc) is 2.80. The van der Waals surface area contributed by atoms with E-state index >= 15 is 0 Å². The number of anilines is 1. The van der Waals surface area contributed by atoms with Crippen LogP contribution in [0.4, 0.5) is 10.1 Å². The zero-order valence-corrected chi connectivity index (χ0v) is 12.2. The number of amides is 1. The van der Waals surface area contributed by atoms with E-state index in [0.717, 1.165) is 12.8 Å². The van der Waals surface area contributed by atoms with Crippen LogP contribution >= 0.6 is 0 Å². The van der Waals surface area contributed by atoms with Gasteiger partial charge in [0, 0.05) is 24.6 Å². The number of hydrogen-bond acceptors (Lipinski definition) is 3. The van der Waals surface area contributed by atoms with Gasteiger partial charge < -0.3 is 15.4 Å². The van der Waals surface area contributed by atoms with Gasteiger partial charge in [-0.25, -0.2) is 4.39 Å². The molecule has 1 amide bonds. The number of carbonyl (C=O) groups excluding carboxylic acids is 1. The van der Waals surface area contributed by atoms with Gasteiger partial charge in [0.25, 0.3) is 0 Å². The molecule has 4 nitrogen and oxygen atoms in total. The molecule has 3 rings (SSSR count). The summed E-state index contributed by atoms with van der Waals surface area (Å²) in [6.45, 7) is 0. The van der Waals surface area contributed by atoms with Crippen molar-refractivity contribution >= 4 is 11.6 Å². The molecular weight excluding hydrogens is 271 g/mol. The van der Waals surface area contributed by atoms with Gasteiger partial charge in [-0.2, -0.15) is 0 Å². The maximum Gasteiger partial charge on any atom is 0.224 e. The number of benzene rings is 1. The normalized spacial score (nSPS) is 27.4. The first-order chi connectivity index (χ1) is 10.1. The molecule has 2 bridgehead atoms. The lowest BCUT2D eigenvalue weighted by Gasteiger charge is -2.28. The van der Waals surface area contributed by atoms with Crippen LogP contribution in [0.25, 0.3) is 0 Å². The largest absolute Gasteiger partial charge is 0.497 e. The third-order valence-corrected chi connectivity index (χ3v) is 4.49. The van der Waals surface area contributed by atoms with Gasteiger partial charge in [-0.15, -0.1) is 0 Å². The monoisotopic (exact) mass is 292 g/mol. The topological polar surface area (TPSA) is 50.4 Å². The molecular formula is C16H21FN2O2. The van der Waals surface area contributed by atoms with E-state index in [-0.39, 0.29) is 11.6 Å². The Morgan fingerprint density at radius 3 is 2.76 bits per heavy atom. The molecule has 2 heterocycles. The van der Waals surface area contributed by atoms with Crippen molar-refractivity contribution in [1.29, 1.82) is 0 Å². The minimum absolute atomic E-state index is 0.117. The molecule has 0 saturated carbocycles. The van der Waals surface area contributed by atoms with Crippen LogP contribution < -0.4 is 15.4 Å². The van der Waals surface area contributed by atoms with Crippen molar-refractivity contribution in [3.8, 4) is 5.75 Å². The highest BCUT2D eigenvalue weighted by Gasteiger charge is 2.34. The predicted molar refractivity (Wildman–Crippen MR) is 78.9 cm³/mol. The van der Waals surface area contributed by atoms with Crippen molar-refractivity contribution in [2.24, 2.45) is 5.92 Å². The third kappa shape index (κ3) is 3.35. The maximum atomic E-state index is 13.7. The van der Waals surface area contributed by atoms with Crippen molar-refractivity contribution in [3.05, 3.63) is 24.0 Å². The van der Waals surface area contributed by atoms with E-state index < -0.39 is 5.82 Å². The number of rotatable bonds is 4. The van der Waals surface area contributed by atoms with Gasteiger partial charge in [0.05, 0.1) is 12.8 Å². The van der Waals surface area contributed by atoms with Crippen molar-refractivity contribution in [1.82, 2.24) is 5.32 Å². The van der Waals surface area contributed by atoms with Crippen LogP contribution in [0.3, 0.4) is 0 Å². The number of methoxy groups -OCH3 is 1. The second-order valence-electron chi connectivity index (χ2n) is 6.07. The zero-order valence-electron chi connectivity index (χ0n) is 12.2. The number of nitrogens with one attached hydrogen (secondary N) is 2. The Labute approximate surface area is 124 Å². The lowest BCUT2D eigenvalue weighted by Crippen LogP contribution is -2.39. The van der Waals surface area contributed by atoms with E-state index in [1.165, 1.54) is 38.2 Å². The van der Waals surface area contributed by atoms with Crippen LogP contribution in [-0.4, -0.2) is 25.1 Å². The van der Waals surface area contributed by atoms with Gasteiger partial charge in [0.2, 0.25) is 5.91 Å². The molecule has 2 saturated heterocycles. The van der Waals surface area contributed by atoms with Gasteiger partial charge in [-0.1, -0.05) is 0 Å². The fourth-order valence-corrected chi connectivity index (χ4v) is 3.53. The number of fused-ring (bicyclic) bond motifs is 2. The Morgan fingerprint density at radius 1 is 1.38 bits per heavy atom. The van der Waals surface area contributed by atoms with Crippen molar-refractivity contribution in [2.45, 2.75) is 44.2 Å². The fourth-order valence-electron chi connectivity index (χ4n) is 3.53. The van der Waals surface area contributed by atoms with E-state index in [1.807, 2.05) is 0 Å². The minimum atomic E-state index is -0.436. The average molecular weight is 292 g/mol. The summed E-state index contributed by atoms with van der Waals surface area (Å²) in [5.74, 6) is 0.381. The van der Waals surface area contributed by atoms with E-state index in [1.54, 1.807) is 0 Å². The number of ether oxygens (including phenoxy) is 1. The number of carbonyl (C=O) groups is 1. The molecule has 1 aromatic carbocycles. The molecule has 5 heteroatoms. The van der Waals surface area contributed by atoms with Crippen molar-refractivity contribution in [3.63, 3.8) is 0 Å². The Hall–Kier alpha value is -1.62. The molecule has 1 aromatic rings. The molecule has 2 fully saturated rings. The molecule has 2 N–H and O–H groups in total. The van der Waals surface area contributed by atoms with E-state index in [4.69, 9.17) is 4.74 Å². The molecule has 0 radical (unpaired) electrons. The molecule has 2 atom stereocenters. The SMILES string of the molecule is COc1ccc(F)c(NC(=O)CC2CC3CCC(C2)N3)c1. The summed E-state index contributed by atoms with van der Waals surface area (Å²) >= 11 is 0. The van der Waals surface area contributed by atoms with Crippen LogP contribution in [0.2, 0.25) is 0 Å². The molecule has 21 heavy (non-hydrogen) atoms. The summed E-state index contributed by atoms with van der Waals surface area (Å²) in [6, 6.07) is 5.49. The highest BCUT2D eigenvalue weighted by atomic mass is 19.1. The standard InChI is InChI=1S/C16H21FN2O2/c1-21-13-4-5-14(17)15(9-13)19-16(20)8-10-6-11-2-3-12(7-10)18-11/h4-5,9-12,18H,2-3,6-8H2,1H3,(H,19,20). The highest BCUT2D eigenvalue weighted by molar-refractivity contribution is 5.91. The molecule has 2 aliphatic heterocycles. The number of hydrogen-bond donors (Lipinski definition) is 2. The summed E-state index contributed by atoms with van der Waals surface area (Å²) in [5, 5.41) is 6.23. The minimum Gasteiger partial charge on any atom is -0.497 e. The van der Waals surface area contributed by atoms with Crippen molar-refractivity contribution < 1.29 is 13.9 Å². The molecule has 114 valence electrons. The summed E-state index contributed by atoms with van der Waals surface area (Å²) < 4.78 is 18.8. The third-order valence-electron chi connectivity index (χ3n) is 4.49. The maximum absolute atomic E-state index is 13.7. The number of piperidine rings is 1. The molecule has 2 unspecified atom stereocenters. The van der Waals surface area contributed by atoms with Crippen molar-refractivity contribution in [2.75, 3.05) is 12.4 Å². The second-order valence-corrected chi connectivity index (χ2v) is 6.07. The Bertz CT molecular complexity index is 523. The van der Waals surface area contributed by atoms with E-state index in [2.05, 4.69) is 10.6 Å². The van der Waals surface area contributed by atoms with Crippen LogP contribution in [0.1, 0.15) is 32.1 Å². The molecule has 0 spiro atoms. The van der Waals surface area contributed by atoms with E-state index in [0.29, 0.717) is 30.2 Å². The molecule has 2 aliphatic rings. The summed E-state index contributed by atoms with van der Waals surface area (Å²) in [6.07, 6.45) is 4.99. The van der Waals surface area contributed by atoms with Gasteiger partial charge in [0.15, 0.2) is 0 Å². The molecule has 0 aromatic heterocycles. The van der Waals surface area contributed by atoms with Crippen LogP contribution in [-0.2, 0) is 4.79 Å². The first-order valence-electron chi connectivity index (χ1n) is 7.53. The number of halogens is 1.